The fourth-order valence-electron chi connectivity index (χ4n) is 2.32. The summed E-state index contributed by atoms with van der Waals surface area (Å²) < 4.78 is 33.6. The Morgan fingerprint density at radius 2 is 1.09 bits per heavy atom. The maximum atomic E-state index is 12.8. The SMILES string of the molecule is COP(=O)(OC)c1nc(Oc2ccc(C(=O)O)cc2)nc(Oc2ccc(C(=O)O)cc2)n1. The van der Waals surface area contributed by atoms with E-state index in [-0.39, 0.29) is 34.6 Å². The number of rotatable bonds is 9. The van der Waals surface area contributed by atoms with Crippen molar-refractivity contribution in [3.63, 3.8) is 0 Å². The molecule has 12 nitrogen and oxygen atoms in total. The van der Waals surface area contributed by atoms with E-state index in [9.17, 15) is 14.2 Å². The topological polar surface area (TPSA) is 167 Å². The zero-order valence-corrected chi connectivity index (χ0v) is 17.6. The second kappa shape index (κ2) is 9.52. The van der Waals surface area contributed by atoms with Gasteiger partial charge < -0.3 is 28.7 Å². The Kier molecular flexibility index (Phi) is 6.79. The molecule has 0 aliphatic rings. The smallest absolute Gasteiger partial charge is 0.398 e. The maximum absolute atomic E-state index is 12.8. The number of aromatic nitrogens is 3. The summed E-state index contributed by atoms with van der Waals surface area (Å²) in [5.74, 6) is -1.84. The Hall–Kier alpha value is -3.86. The van der Waals surface area contributed by atoms with Gasteiger partial charge in [0, 0.05) is 14.2 Å². The quantitative estimate of drug-likeness (QED) is 0.448. The lowest BCUT2D eigenvalue weighted by molar-refractivity contribution is 0.0686. The third-order valence-corrected chi connectivity index (χ3v) is 5.58. The van der Waals surface area contributed by atoms with Crippen molar-refractivity contribution >= 4 is 25.1 Å². The minimum absolute atomic E-state index is 0.0470. The van der Waals surface area contributed by atoms with Gasteiger partial charge in [0.1, 0.15) is 11.5 Å². The molecule has 166 valence electrons. The van der Waals surface area contributed by atoms with Crippen LogP contribution in [0.3, 0.4) is 0 Å². The molecule has 0 aliphatic heterocycles. The summed E-state index contributed by atoms with van der Waals surface area (Å²) >= 11 is 0. The molecule has 32 heavy (non-hydrogen) atoms. The number of carbonyl (C=O) groups is 2. The normalized spacial score (nSPS) is 11.1. The molecule has 2 aromatic carbocycles. The third-order valence-electron chi connectivity index (χ3n) is 3.93. The molecule has 0 saturated carbocycles. The molecule has 0 amide bonds. The van der Waals surface area contributed by atoms with Crippen molar-refractivity contribution in [3.8, 4) is 23.5 Å². The largest absolute Gasteiger partial charge is 0.478 e. The van der Waals surface area contributed by atoms with Gasteiger partial charge in [-0.05, 0) is 48.5 Å². The lowest BCUT2D eigenvalue weighted by atomic mass is 10.2. The highest BCUT2D eigenvalue weighted by atomic mass is 31.2. The average Bonchev–Trinajstić information content (AvgIpc) is 2.79. The summed E-state index contributed by atoms with van der Waals surface area (Å²) in [7, 11) is -1.63. The molecule has 2 N–H and O–H groups in total. The molecule has 0 bridgehead atoms. The Bertz CT molecular complexity index is 1100. The van der Waals surface area contributed by atoms with Crippen LogP contribution in [0.1, 0.15) is 20.7 Å². The lowest BCUT2D eigenvalue weighted by Crippen LogP contribution is -2.19. The van der Waals surface area contributed by atoms with E-state index in [2.05, 4.69) is 15.0 Å². The number of nitrogens with zero attached hydrogens (tertiary/aromatic N) is 3. The van der Waals surface area contributed by atoms with Crippen LogP contribution in [0.15, 0.2) is 48.5 Å². The van der Waals surface area contributed by atoms with Crippen LogP contribution in [0.4, 0.5) is 0 Å². The predicted octanol–water partition coefficient (Wildman–Crippen LogP) is 2.96. The van der Waals surface area contributed by atoms with Crippen molar-refractivity contribution < 1.29 is 42.9 Å². The van der Waals surface area contributed by atoms with Crippen molar-refractivity contribution in [2.75, 3.05) is 14.2 Å². The van der Waals surface area contributed by atoms with Crippen LogP contribution in [-0.4, -0.2) is 51.3 Å². The van der Waals surface area contributed by atoms with Crippen molar-refractivity contribution in [1.29, 1.82) is 0 Å². The van der Waals surface area contributed by atoms with Gasteiger partial charge in [-0.2, -0.15) is 9.97 Å². The Labute approximate surface area is 180 Å². The van der Waals surface area contributed by atoms with Gasteiger partial charge in [-0.25, -0.2) is 9.59 Å². The Morgan fingerprint density at radius 1 is 0.719 bits per heavy atom. The van der Waals surface area contributed by atoms with Crippen LogP contribution in [0.2, 0.25) is 0 Å². The van der Waals surface area contributed by atoms with Crippen LogP contribution in [-0.2, 0) is 13.6 Å². The van der Waals surface area contributed by atoms with Gasteiger partial charge in [-0.1, -0.05) is 0 Å². The van der Waals surface area contributed by atoms with Crippen LogP contribution < -0.4 is 15.0 Å². The van der Waals surface area contributed by atoms with Crippen molar-refractivity contribution in [2.45, 2.75) is 0 Å². The van der Waals surface area contributed by atoms with Crippen LogP contribution in [0, 0.1) is 0 Å². The number of benzene rings is 2. The molecule has 1 aromatic heterocycles. The molecule has 0 atom stereocenters. The molecule has 13 heteroatoms. The van der Waals surface area contributed by atoms with E-state index in [1.807, 2.05) is 0 Å². The standard InChI is InChI=1S/C19H16N3O9P/c1-28-32(27,29-2)19-21-17(30-13-7-3-11(4-8-13)15(23)24)20-18(22-19)31-14-9-5-12(6-10-14)16(25)26/h3-10H,1-2H3,(H,23,24)(H,25,26). The Balaban J connectivity index is 1.96. The van der Waals surface area contributed by atoms with Crippen LogP contribution in [0.25, 0.3) is 0 Å². The zero-order chi connectivity index (χ0) is 23.3. The highest BCUT2D eigenvalue weighted by Crippen LogP contribution is 2.44. The minimum Gasteiger partial charge on any atom is -0.478 e. The highest BCUT2D eigenvalue weighted by Gasteiger charge is 2.31. The van der Waals surface area contributed by atoms with Gasteiger partial charge in [0.05, 0.1) is 11.1 Å². The fraction of sp³-hybridized carbons (Fsp3) is 0.105. The average molecular weight is 461 g/mol. The van der Waals surface area contributed by atoms with Gasteiger partial charge in [0.15, 0.2) is 0 Å². The van der Waals surface area contributed by atoms with Gasteiger partial charge in [-0.3, -0.25) is 4.57 Å². The maximum Gasteiger partial charge on any atom is 0.398 e. The summed E-state index contributed by atoms with van der Waals surface area (Å²) in [4.78, 5) is 33.9. The predicted molar refractivity (Wildman–Crippen MR) is 108 cm³/mol. The summed E-state index contributed by atoms with van der Waals surface area (Å²) in [5, 5.41) is 18.0. The van der Waals surface area contributed by atoms with E-state index < -0.39 is 25.1 Å². The van der Waals surface area contributed by atoms with E-state index in [1.165, 1.54) is 48.5 Å². The first kappa shape index (κ1) is 22.8. The number of carboxylic acid groups (broad SMARTS) is 2. The molecule has 0 radical (unpaired) electrons. The lowest BCUT2D eigenvalue weighted by Gasteiger charge is -2.14. The molecule has 3 rings (SSSR count). The number of hydrogen-bond donors (Lipinski definition) is 2. The van der Waals surface area contributed by atoms with Crippen molar-refractivity contribution in [2.24, 2.45) is 0 Å². The number of hydrogen-bond acceptors (Lipinski definition) is 10. The highest BCUT2D eigenvalue weighted by molar-refractivity contribution is 7.61. The van der Waals surface area contributed by atoms with Crippen LogP contribution >= 0.6 is 7.60 Å². The summed E-state index contributed by atoms with van der Waals surface area (Å²) in [6.45, 7) is 0. The fourth-order valence-corrected chi connectivity index (χ4v) is 3.21. The Morgan fingerprint density at radius 3 is 1.41 bits per heavy atom. The van der Waals surface area contributed by atoms with Gasteiger partial charge in [-0.15, -0.1) is 4.98 Å². The van der Waals surface area contributed by atoms with Crippen molar-refractivity contribution in [1.82, 2.24) is 15.0 Å². The molecular weight excluding hydrogens is 445 g/mol. The second-order valence-corrected chi connectivity index (χ2v) is 8.05. The third kappa shape index (κ3) is 5.24. The minimum atomic E-state index is -3.92. The van der Waals surface area contributed by atoms with E-state index in [4.69, 9.17) is 28.7 Å². The summed E-state index contributed by atoms with van der Waals surface area (Å²) in [6.07, 6.45) is 0. The van der Waals surface area contributed by atoms with Gasteiger partial charge in [0.2, 0.25) is 0 Å². The molecule has 0 fully saturated rings. The first-order chi connectivity index (χ1) is 15.2. The molecule has 3 aromatic rings. The number of carboxylic acids is 2. The number of ether oxygens (including phenoxy) is 2. The first-order valence-electron chi connectivity index (χ1n) is 8.74. The molecule has 0 unspecified atom stereocenters. The molecular formula is C19H16N3O9P. The summed E-state index contributed by atoms with van der Waals surface area (Å²) in [6, 6.07) is 10.1. The number of aromatic carboxylic acids is 2. The molecule has 0 saturated heterocycles. The molecule has 1 heterocycles. The zero-order valence-electron chi connectivity index (χ0n) is 16.7. The molecule has 0 aliphatic carbocycles. The van der Waals surface area contributed by atoms with E-state index in [1.54, 1.807) is 0 Å². The van der Waals surface area contributed by atoms with E-state index in [0.717, 1.165) is 14.2 Å². The van der Waals surface area contributed by atoms with Crippen LogP contribution in [0.5, 0.6) is 23.5 Å². The second-order valence-electron chi connectivity index (χ2n) is 5.93. The summed E-state index contributed by atoms with van der Waals surface area (Å²) in [5.41, 5.74) is -0.302. The van der Waals surface area contributed by atoms with E-state index in [0.29, 0.717) is 0 Å². The monoisotopic (exact) mass is 461 g/mol. The van der Waals surface area contributed by atoms with Gasteiger partial charge >= 0.3 is 31.6 Å². The van der Waals surface area contributed by atoms with E-state index >= 15 is 0 Å². The van der Waals surface area contributed by atoms with Gasteiger partial charge in [0.25, 0.3) is 5.57 Å². The van der Waals surface area contributed by atoms with Crippen molar-refractivity contribution in [3.05, 3.63) is 59.7 Å². The molecule has 0 spiro atoms. The first-order valence-corrected chi connectivity index (χ1v) is 10.3.